The number of anilines is 1. The SMILES string of the molecule is CNc1ncnc2c1c(Br)cn2COC(CO)CO. The second-order valence-corrected chi connectivity index (χ2v) is 4.75. The summed E-state index contributed by atoms with van der Waals surface area (Å²) < 4.78 is 8.01. The van der Waals surface area contributed by atoms with E-state index in [1.807, 2.05) is 6.20 Å². The van der Waals surface area contributed by atoms with Gasteiger partial charge in [-0.2, -0.15) is 0 Å². The van der Waals surface area contributed by atoms with Gasteiger partial charge in [0.15, 0.2) is 0 Å². The standard InChI is InChI=1S/C11H15BrN4O3/c1-13-10-9-8(12)2-16(11(9)15-5-14-10)6-19-7(3-17)4-18/h2,5,7,17-18H,3-4,6H2,1H3,(H,13,14,15). The number of aromatic nitrogens is 3. The van der Waals surface area contributed by atoms with Gasteiger partial charge >= 0.3 is 0 Å². The van der Waals surface area contributed by atoms with Crippen molar-refractivity contribution >= 4 is 32.8 Å². The largest absolute Gasteiger partial charge is 0.394 e. The summed E-state index contributed by atoms with van der Waals surface area (Å²) in [5.74, 6) is 0.719. The lowest BCUT2D eigenvalue weighted by Crippen LogP contribution is -2.23. The van der Waals surface area contributed by atoms with E-state index >= 15 is 0 Å². The van der Waals surface area contributed by atoms with Crippen molar-refractivity contribution in [1.29, 1.82) is 0 Å². The number of halogens is 1. The molecule has 3 N–H and O–H groups in total. The highest BCUT2D eigenvalue weighted by Crippen LogP contribution is 2.29. The van der Waals surface area contributed by atoms with E-state index in [1.165, 1.54) is 6.33 Å². The molecule has 0 amide bonds. The zero-order valence-corrected chi connectivity index (χ0v) is 12.0. The van der Waals surface area contributed by atoms with Crippen molar-refractivity contribution in [3.05, 3.63) is 17.0 Å². The molecule has 0 radical (unpaired) electrons. The number of fused-ring (bicyclic) bond motifs is 1. The van der Waals surface area contributed by atoms with Gasteiger partial charge in [0.1, 0.15) is 30.6 Å². The van der Waals surface area contributed by atoms with Gasteiger partial charge in [0.25, 0.3) is 0 Å². The maximum atomic E-state index is 8.97. The minimum atomic E-state index is -0.596. The molecule has 0 aromatic carbocycles. The number of nitrogens with zero attached hydrogens (tertiary/aromatic N) is 3. The highest BCUT2D eigenvalue weighted by Gasteiger charge is 2.14. The molecule has 0 aliphatic rings. The maximum Gasteiger partial charge on any atom is 0.148 e. The predicted molar refractivity (Wildman–Crippen MR) is 73.8 cm³/mol. The monoisotopic (exact) mass is 330 g/mol. The van der Waals surface area contributed by atoms with Crippen LogP contribution < -0.4 is 5.32 Å². The first kappa shape index (κ1) is 14.2. The second kappa shape index (κ2) is 6.29. The molecule has 8 heteroatoms. The molecule has 0 fully saturated rings. The van der Waals surface area contributed by atoms with E-state index in [1.54, 1.807) is 11.6 Å². The summed E-state index contributed by atoms with van der Waals surface area (Å²) in [5, 5.41) is 21.8. The summed E-state index contributed by atoms with van der Waals surface area (Å²) in [6.07, 6.45) is 2.69. The van der Waals surface area contributed by atoms with E-state index in [0.29, 0.717) is 5.65 Å². The van der Waals surface area contributed by atoms with E-state index in [2.05, 4.69) is 31.2 Å². The van der Waals surface area contributed by atoms with E-state index in [9.17, 15) is 0 Å². The summed E-state index contributed by atoms with van der Waals surface area (Å²) in [4.78, 5) is 8.36. The Morgan fingerprint density at radius 2 is 2.16 bits per heavy atom. The van der Waals surface area contributed by atoms with Gasteiger partial charge in [0.2, 0.25) is 0 Å². The van der Waals surface area contributed by atoms with Crippen LogP contribution in [0, 0.1) is 0 Å². The lowest BCUT2D eigenvalue weighted by atomic mass is 10.4. The third kappa shape index (κ3) is 2.86. The molecule has 0 saturated carbocycles. The Labute approximate surface area is 118 Å². The lowest BCUT2D eigenvalue weighted by molar-refractivity contribution is -0.0487. The maximum absolute atomic E-state index is 8.97. The molecular formula is C11H15BrN4O3. The van der Waals surface area contributed by atoms with Crippen molar-refractivity contribution < 1.29 is 14.9 Å². The smallest absolute Gasteiger partial charge is 0.148 e. The Bertz CT molecular complexity index is 556. The Morgan fingerprint density at radius 3 is 2.79 bits per heavy atom. The van der Waals surface area contributed by atoms with Crippen molar-refractivity contribution in [1.82, 2.24) is 14.5 Å². The van der Waals surface area contributed by atoms with Crippen LogP contribution in [0.4, 0.5) is 5.82 Å². The number of rotatable bonds is 6. The Hall–Kier alpha value is -1.22. The fraction of sp³-hybridized carbons (Fsp3) is 0.455. The molecule has 19 heavy (non-hydrogen) atoms. The normalized spacial score (nSPS) is 11.4. The van der Waals surface area contributed by atoms with Gasteiger partial charge in [-0.25, -0.2) is 9.97 Å². The molecule has 0 unspecified atom stereocenters. The molecule has 0 saturated heterocycles. The molecule has 104 valence electrons. The molecule has 7 nitrogen and oxygen atoms in total. The van der Waals surface area contributed by atoms with Crippen LogP contribution >= 0.6 is 15.9 Å². The average molecular weight is 331 g/mol. The topological polar surface area (TPSA) is 92.4 Å². The van der Waals surface area contributed by atoms with Crippen LogP contribution in [0.3, 0.4) is 0 Å². The summed E-state index contributed by atoms with van der Waals surface area (Å²) in [6, 6.07) is 0. The molecule has 0 spiro atoms. The van der Waals surface area contributed by atoms with Gasteiger partial charge in [-0.05, 0) is 15.9 Å². The number of hydrogen-bond donors (Lipinski definition) is 3. The van der Waals surface area contributed by atoms with E-state index in [0.717, 1.165) is 15.7 Å². The highest BCUT2D eigenvalue weighted by molar-refractivity contribution is 9.10. The van der Waals surface area contributed by atoms with Gasteiger partial charge < -0.3 is 24.8 Å². The minimum Gasteiger partial charge on any atom is -0.394 e. The van der Waals surface area contributed by atoms with Crippen molar-refractivity contribution in [3.63, 3.8) is 0 Å². The van der Waals surface area contributed by atoms with Crippen LogP contribution in [0.1, 0.15) is 0 Å². The number of hydrogen-bond acceptors (Lipinski definition) is 6. The Morgan fingerprint density at radius 1 is 1.42 bits per heavy atom. The third-order valence-corrected chi connectivity index (χ3v) is 3.30. The summed E-state index contributed by atoms with van der Waals surface area (Å²) in [5.41, 5.74) is 0.709. The number of aliphatic hydroxyl groups is 2. The number of nitrogens with one attached hydrogen (secondary N) is 1. The summed E-state index contributed by atoms with van der Waals surface area (Å²) >= 11 is 3.46. The summed E-state index contributed by atoms with van der Waals surface area (Å²) in [7, 11) is 1.79. The first-order valence-corrected chi connectivity index (χ1v) is 6.51. The second-order valence-electron chi connectivity index (χ2n) is 3.90. The first-order valence-electron chi connectivity index (χ1n) is 5.71. The zero-order chi connectivity index (χ0) is 13.8. The fourth-order valence-electron chi connectivity index (χ4n) is 1.71. The van der Waals surface area contributed by atoms with Gasteiger partial charge in [-0.1, -0.05) is 0 Å². The van der Waals surface area contributed by atoms with Gasteiger partial charge in [-0.3, -0.25) is 0 Å². The molecule has 2 rings (SSSR count). The number of aliphatic hydroxyl groups excluding tert-OH is 2. The molecule has 0 aliphatic carbocycles. The Kier molecular flexibility index (Phi) is 4.70. The minimum absolute atomic E-state index is 0.189. The molecule has 2 aromatic heterocycles. The third-order valence-electron chi connectivity index (χ3n) is 2.70. The van der Waals surface area contributed by atoms with Crippen LogP contribution in [0.5, 0.6) is 0 Å². The van der Waals surface area contributed by atoms with Crippen LogP contribution in [-0.4, -0.2) is 51.1 Å². The van der Waals surface area contributed by atoms with Gasteiger partial charge in [-0.15, -0.1) is 0 Å². The molecule has 0 aliphatic heterocycles. The fourth-order valence-corrected chi connectivity index (χ4v) is 2.33. The Balaban J connectivity index is 2.29. The summed E-state index contributed by atoms with van der Waals surface area (Å²) in [6.45, 7) is -0.269. The van der Waals surface area contributed by atoms with Crippen LogP contribution in [0.2, 0.25) is 0 Å². The van der Waals surface area contributed by atoms with Crippen molar-refractivity contribution in [3.8, 4) is 0 Å². The lowest BCUT2D eigenvalue weighted by Gasteiger charge is -2.13. The molecule has 0 bridgehead atoms. The van der Waals surface area contributed by atoms with Gasteiger partial charge in [0, 0.05) is 17.7 Å². The zero-order valence-electron chi connectivity index (χ0n) is 10.4. The highest BCUT2D eigenvalue weighted by atomic mass is 79.9. The van der Waals surface area contributed by atoms with Crippen LogP contribution in [0.25, 0.3) is 11.0 Å². The number of ether oxygens (including phenoxy) is 1. The van der Waals surface area contributed by atoms with Crippen molar-refractivity contribution in [2.24, 2.45) is 0 Å². The molecular weight excluding hydrogens is 316 g/mol. The van der Waals surface area contributed by atoms with Crippen LogP contribution in [-0.2, 0) is 11.5 Å². The van der Waals surface area contributed by atoms with Gasteiger partial charge in [0.05, 0.1) is 18.6 Å². The van der Waals surface area contributed by atoms with Crippen molar-refractivity contribution in [2.75, 3.05) is 25.6 Å². The molecule has 0 atom stereocenters. The first-order chi connectivity index (χ1) is 9.21. The molecule has 2 heterocycles. The van der Waals surface area contributed by atoms with Crippen LogP contribution in [0.15, 0.2) is 17.0 Å². The van der Waals surface area contributed by atoms with E-state index < -0.39 is 6.10 Å². The van der Waals surface area contributed by atoms with E-state index in [4.69, 9.17) is 14.9 Å². The van der Waals surface area contributed by atoms with Crippen molar-refractivity contribution in [2.45, 2.75) is 12.8 Å². The predicted octanol–water partition coefficient (Wildman–Crippen LogP) is 0.563. The molecule has 2 aromatic rings. The quantitative estimate of drug-likeness (QED) is 0.716. The average Bonchev–Trinajstić information content (AvgIpc) is 2.77. The van der Waals surface area contributed by atoms with E-state index in [-0.39, 0.29) is 19.9 Å².